The van der Waals surface area contributed by atoms with E-state index in [9.17, 15) is 4.79 Å². The summed E-state index contributed by atoms with van der Waals surface area (Å²) in [6.45, 7) is 8.43. The monoisotopic (exact) mass is 269 g/mol. The molecule has 112 valence electrons. The zero-order valence-corrected chi connectivity index (χ0v) is 13.1. The van der Waals surface area contributed by atoms with Crippen molar-refractivity contribution >= 4 is 5.91 Å². The Morgan fingerprint density at radius 1 is 1.16 bits per heavy atom. The lowest BCUT2D eigenvalue weighted by Crippen LogP contribution is -2.50. The first-order valence-electron chi connectivity index (χ1n) is 7.60. The molecule has 0 heterocycles. The van der Waals surface area contributed by atoms with Gasteiger partial charge in [0.1, 0.15) is 0 Å². The lowest BCUT2D eigenvalue weighted by molar-refractivity contribution is -0.124. The van der Waals surface area contributed by atoms with Gasteiger partial charge in [0, 0.05) is 18.1 Å². The molecule has 1 aliphatic carbocycles. The molecule has 0 spiro atoms. The topological polar surface area (TPSA) is 58.4 Å². The van der Waals surface area contributed by atoms with Crippen LogP contribution in [0.3, 0.4) is 0 Å². The highest BCUT2D eigenvalue weighted by atomic mass is 16.2. The van der Waals surface area contributed by atoms with Crippen molar-refractivity contribution in [2.45, 2.75) is 77.5 Å². The zero-order valence-electron chi connectivity index (χ0n) is 13.1. The number of hydrogen-bond acceptors (Lipinski definition) is 3. The molecule has 1 rings (SSSR count). The molecule has 1 aliphatic rings. The van der Waals surface area contributed by atoms with E-state index >= 15 is 0 Å². The Morgan fingerprint density at radius 2 is 1.68 bits per heavy atom. The predicted molar refractivity (Wildman–Crippen MR) is 79.9 cm³/mol. The molecule has 1 fully saturated rings. The van der Waals surface area contributed by atoms with Gasteiger partial charge in [0.15, 0.2) is 0 Å². The highest BCUT2D eigenvalue weighted by Gasteiger charge is 2.27. The molecular formula is C15H31N3O. The van der Waals surface area contributed by atoms with Crippen molar-refractivity contribution in [2.24, 2.45) is 11.7 Å². The summed E-state index contributed by atoms with van der Waals surface area (Å²) in [5.74, 6) is 0.207. The van der Waals surface area contributed by atoms with Crippen LogP contribution in [0.15, 0.2) is 0 Å². The van der Waals surface area contributed by atoms with Crippen LogP contribution < -0.4 is 11.1 Å². The molecule has 4 nitrogen and oxygen atoms in total. The molecule has 0 radical (unpaired) electrons. The Hall–Kier alpha value is -0.610. The van der Waals surface area contributed by atoms with E-state index in [1.54, 1.807) is 0 Å². The summed E-state index contributed by atoms with van der Waals surface area (Å²) < 4.78 is 0. The number of rotatable bonds is 5. The molecule has 1 atom stereocenters. The van der Waals surface area contributed by atoms with Gasteiger partial charge in [-0.25, -0.2) is 0 Å². The van der Waals surface area contributed by atoms with Crippen LogP contribution in [-0.2, 0) is 4.79 Å². The second-order valence-corrected chi connectivity index (χ2v) is 6.54. The predicted octanol–water partition coefficient (Wildman–Crippen LogP) is 1.74. The number of nitrogens with zero attached hydrogens (tertiary/aromatic N) is 1. The smallest absolute Gasteiger partial charge is 0.237 e. The van der Waals surface area contributed by atoms with Crippen LogP contribution in [-0.4, -0.2) is 42.0 Å². The highest BCUT2D eigenvalue weighted by molar-refractivity contribution is 5.82. The van der Waals surface area contributed by atoms with Gasteiger partial charge in [0.05, 0.1) is 6.04 Å². The Morgan fingerprint density at radius 3 is 2.11 bits per heavy atom. The number of hydrogen-bond donors (Lipinski definition) is 2. The number of carbonyl (C=O) groups excluding carboxylic acids is 1. The van der Waals surface area contributed by atoms with Crippen LogP contribution in [0.5, 0.6) is 0 Å². The lowest BCUT2D eigenvalue weighted by Gasteiger charge is -2.37. The summed E-state index contributed by atoms with van der Waals surface area (Å²) in [7, 11) is 2.20. The fraction of sp³-hybridized carbons (Fsp3) is 0.933. The Bertz CT molecular complexity index is 283. The van der Waals surface area contributed by atoms with E-state index in [1.807, 2.05) is 13.8 Å². The molecule has 0 saturated heterocycles. The standard InChI is InChI=1S/C15H31N3O/c1-10(2)14(16)15(19)17-12-6-8-13(9-7-12)18(5)11(3)4/h10-14H,6-9,16H2,1-5H3,(H,17,19). The van der Waals surface area contributed by atoms with Crippen molar-refractivity contribution in [3.63, 3.8) is 0 Å². The van der Waals surface area contributed by atoms with Gasteiger partial charge in [0.2, 0.25) is 5.91 Å². The molecule has 0 bridgehead atoms. The molecule has 19 heavy (non-hydrogen) atoms. The SMILES string of the molecule is CC(C)C(N)C(=O)NC1CCC(N(C)C(C)C)CC1. The molecule has 1 unspecified atom stereocenters. The maximum absolute atomic E-state index is 11.9. The second kappa shape index (κ2) is 7.25. The molecule has 0 aromatic rings. The maximum atomic E-state index is 11.9. The minimum Gasteiger partial charge on any atom is -0.352 e. The van der Waals surface area contributed by atoms with E-state index in [2.05, 4.69) is 31.1 Å². The molecular weight excluding hydrogens is 238 g/mol. The Labute approximate surface area is 118 Å². The van der Waals surface area contributed by atoms with Gasteiger partial charge in [0.25, 0.3) is 0 Å². The molecule has 4 heteroatoms. The molecule has 0 aliphatic heterocycles. The van der Waals surface area contributed by atoms with Crippen LogP contribution in [0.4, 0.5) is 0 Å². The molecule has 3 N–H and O–H groups in total. The van der Waals surface area contributed by atoms with Crippen molar-refractivity contribution in [2.75, 3.05) is 7.05 Å². The third-order valence-corrected chi connectivity index (χ3v) is 4.45. The minimum absolute atomic E-state index is 0.00987. The van der Waals surface area contributed by atoms with Gasteiger partial charge in [-0.1, -0.05) is 13.8 Å². The Kier molecular flexibility index (Phi) is 6.27. The average molecular weight is 269 g/mol. The highest BCUT2D eigenvalue weighted by Crippen LogP contribution is 2.23. The van der Waals surface area contributed by atoms with Crippen LogP contribution >= 0.6 is 0 Å². The van der Waals surface area contributed by atoms with Crippen LogP contribution in [0, 0.1) is 5.92 Å². The van der Waals surface area contributed by atoms with Crippen LogP contribution in [0.25, 0.3) is 0 Å². The van der Waals surface area contributed by atoms with E-state index in [0.717, 1.165) is 25.7 Å². The van der Waals surface area contributed by atoms with E-state index < -0.39 is 0 Å². The number of amides is 1. The largest absolute Gasteiger partial charge is 0.352 e. The molecule has 0 aromatic carbocycles. The van der Waals surface area contributed by atoms with Crippen molar-refractivity contribution in [1.82, 2.24) is 10.2 Å². The van der Waals surface area contributed by atoms with Crippen molar-refractivity contribution in [3.8, 4) is 0 Å². The third kappa shape index (κ3) is 4.77. The summed E-state index contributed by atoms with van der Waals surface area (Å²) >= 11 is 0. The van der Waals surface area contributed by atoms with Crippen molar-refractivity contribution in [3.05, 3.63) is 0 Å². The van der Waals surface area contributed by atoms with Crippen LogP contribution in [0.1, 0.15) is 53.4 Å². The normalized spacial score (nSPS) is 25.9. The van der Waals surface area contributed by atoms with Gasteiger partial charge in [-0.3, -0.25) is 4.79 Å². The summed E-state index contributed by atoms with van der Waals surface area (Å²) in [5, 5.41) is 3.11. The van der Waals surface area contributed by atoms with Gasteiger partial charge in [-0.05, 0) is 52.5 Å². The fourth-order valence-corrected chi connectivity index (χ4v) is 2.65. The quantitative estimate of drug-likeness (QED) is 0.799. The number of nitrogens with one attached hydrogen (secondary N) is 1. The average Bonchev–Trinajstić information content (AvgIpc) is 2.37. The number of carbonyl (C=O) groups is 1. The molecule has 1 amide bonds. The van der Waals surface area contributed by atoms with E-state index in [4.69, 9.17) is 5.73 Å². The minimum atomic E-state index is -0.379. The van der Waals surface area contributed by atoms with Gasteiger partial charge in [-0.15, -0.1) is 0 Å². The Balaban J connectivity index is 2.36. The first kappa shape index (κ1) is 16.4. The lowest BCUT2D eigenvalue weighted by atomic mass is 9.89. The number of nitrogens with two attached hydrogens (primary N) is 1. The van der Waals surface area contributed by atoms with E-state index in [-0.39, 0.29) is 17.9 Å². The summed E-state index contributed by atoms with van der Waals surface area (Å²) in [6.07, 6.45) is 4.46. The summed E-state index contributed by atoms with van der Waals surface area (Å²) in [4.78, 5) is 14.4. The summed E-state index contributed by atoms with van der Waals surface area (Å²) in [6, 6.07) is 1.18. The van der Waals surface area contributed by atoms with Crippen molar-refractivity contribution < 1.29 is 4.79 Å². The summed E-state index contributed by atoms with van der Waals surface area (Å²) in [5.41, 5.74) is 5.87. The van der Waals surface area contributed by atoms with Crippen LogP contribution in [0.2, 0.25) is 0 Å². The first-order valence-corrected chi connectivity index (χ1v) is 7.60. The third-order valence-electron chi connectivity index (χ3n) is 4.45. The second-order valence-electron chi connectivity index (χ2n) is 6.54. The maximum Gasteiger partial charge on any atom is 0.237 e. The fourth-order valence-electron chi connectivity index (χ4n) is 2.65. The van der Waals surface area contributed by atoms with Gasteiger partial charge in [-0.2, -0.15) is 0 Å². The van der Waals surface area contributed by atoms with E-state index in [0.29, 0.717) is 18.1 Å². The van der Waals surface area contributed by atoms with Gasteiger partial charge >= 0.3 is 0 Å². The first-order chi connectivity index (χ1) is 8.82. The van der Waals surface area contributed by atoms with E-state index in [1.165, 1.54) is 0 Å². The zero-order chi connectivity index (χ0) is 14.6. The van der Waals surface area contributed by atoms with Crippen molar-refractivity contribution in [1.29, 1.82) is 0 Å². The molecule has 0 aromatic heterocycles. The molecule has 1 saturated carbocycles. The van der Waals surface area contributed by atoms with Gasteiger partial charge < -0.3 is 16.0 Å².